The van der Waals surface area contributed by atoms with Crippen LogP contribution >= 0.6 is 0 Å². The molecule has 2 saturated heterocycles. The van der Waals surface area contributed by atoms with E-state index in [1.165, 1.54) is 19.5 Å². The molecule has 1 aromatic heterocycles. The van der Waals surface area contributed by atoms with Gasteiger partial charge in [0.15, 0.2) is 0 Å². The molecule has 6 nitrogen and oxygen atoms in total. The Kier molecular flexibility index (Phi) is 6.12. The summed E-state index contributed by atoms with van der Waals surface area (Å²) in [5, 5.41) is 0. The summed E-state index contributed by atoms with van der Waals surface area (Å²) >= 11 is 0. The molecule has 0 aliphatic carbocycles. The lowest BCUT2D eigenvalue weighted by molar-refractivity contribution is -0.130. The molecule has 140 valence electrons. The van der Waals surface area contributed by atoms with Crippen molar-refractivity contribution in [3.8, 4) is 0 Å². The first-order valence-corrected chi connectivity index (χ1v) is 9.66. The fourth-order valence-electron chi connectivity index (χ4n) is 4.06. The molecule has 2 aliphatic rings. The van der Waals surface area contributed by atoms with E-state index in [0.717, 1.165) is 63.0 Å². The fourth-order valence-corrected chi connectivity index (χ4v) is 4.06. The first-order valence-electron chi connectivity index (χ1n) is 9.66. The van der Waals surface area contributed by atoms with Gasteiger partial charge >= 0.3 is 0 Å². The molecule has 0 bridgehead atoms. The monoisotopic (exact) mass is 348 g/mol. The van der Waals surface area contributed by atoms with Crippen LogP contribution in [-0.4, -0.2) is 71.4 Å². The van der Waals surface area contributed by atoms with Crippen LogP contribution in [0, 0.1) is 5.92 Å². The zero-order valence-corrected chi connectivity index (χ0v) is 15.9. The van der Waals surface area contributed by atoms with Gasteiger partial charge in [-0.15, -0.1) is 0 Å². The number of likely N-dealkylation sites (N-methyl/N-ethyl adjacent to an activating group) is 1. The van der Waals surface area contributed by atoms with E-state index >= 15 is 0 Å². The summed E-state index contributed by atoms with van der Waals surface area (Å²) in [5.74, 6) is 2.75. The maximum absolute atomic E-state index is 11.4. The molecule has 25 heavy (non-hydrogen) atoms. The van der Waals surface area contributed by atoms with Crippen molar-refractivity contribution in [2.24, 2.45) is 5.92 Å². The van der Waals surface area contributed by atoms with Crippen LogP contribution in [0.15, 0.2) is 10.6 Å². The smallest absolute Gasteiger partial charge is 0.219 e. The molecule has 0 spiro atoms. The van der Waals surface area contributed by atoms with E-state index in [-0.39, 0.29) is 5.91 Å². The Balaban J connectivity index is 1.41. The molecule has 3 rings (SSSR count). The predicted octanol–water partition coefficient (Wildman–Crippen LogP) is 2.00. The van der Waals surface area contributed by atoms with Crippen LogP contribution in [0.2, 0.25) is 0 Å². The van der Waals surface area contributed by atoms with E-state index in [9.17, 15) is 4.79 Å². The highest BCUT2D eigenvalue weighted by Crippen LogP contribution is 2.23. The summed E-state index contributed by atoms with van der Waals surface area (Å²) < 4.78 is 5.74. The molecule has 0 N–H and O–H groups in total. The van der Waals surface area contributed by atoms with Gasteiger partial charge in [0.2, 0.25) is 11.8 Å². The van der Waals surface area contributed by atoms with Crippen molar-refractivity contribution in [3.05, 3.63) is 17.8 Å². The van der Waals surface area contributed by atoms with Gasteiger partial charge in [0, 0.05) is 45.6 Å². The Morgan fingerprint density at radius 1 is 1.32 bits per heavy atom. The molecule has 6 heteroatoms. The number of likely N-dealkylation sites (tertiary alicyclic amines) is 2. The SMILES string of the molecule is CCc1cnc(CN(C)[C@@H]2CCN(CC3CCN(C(C)=O)CC3)C2)o1. The molecule has 0 radical (unpaired) electrons. The first kappa shape index (κ1) is 18.4. The van der Waals surface area contributed by atoms with Crippen LogP contribution in [0.25, 0.3) is 0 Å². The molecule has 2 aliphatic heterocycles. The summed E-state index contributed by atoms with van der Waals surface area (Å²) in [6.07, 6.45) is 6.25. The number of rotatable bonds is 6. The molecule has 3 heterocycles. The van der Waals surface area contributed by atoms with Crippen LogP contribution < -0.4 is 0 Å². The third kappa shape index (κ3) is 4.82. The third-order valence-electron chi connectivity index (χ3n) is 5.78. The molecule has 1 aromatic rings. The van der Waals surface area contributed by atoms with Crippen LogP contribution in [0.3, 0.4) is 0 Å². The molecule has 1 atom stereocenters. The normalized spacial score (nSPS) is 22.9. The number of aryl methyl sites for hydroxylation is 1. The van der Waals surface area contributed by atoms with Gasteiger partial charge in [-0.2, -0.15) is 0 Å². The van der Waals surface area contributed by atoms with E-state index in [0.29, 0.717) is 6.04 Å². The van der Waals surface area contributed by atoms with Crippen LogP contribution in [0.5, 0.6) is 0 Å². The zero-order chi connectivity index (χ0) is 17.8. The number of oxazole rings is 1. The van der Waals surface area contributed by atoms with E-state index in [1.807, 2.05) is 11.1 Å². The maximum atomic E-state index is 11.4. The van der Waals surface area contributed by atoms with E-state index in [4.69, 9.17) is 4.42 Å². The minimum Gasteiger partial charge on any atom is -0.444 e. The molecular weight excluding hydrogens is 316 g/mol. The number of hydrogen-bond donors (Lipinski definition) is 0. The fraction of sp³-hybridized carbons (Fsp3) is 0.789. The second-order valence-electron chi connectivity index (χ2n) is 7.64. The number of carbonyl (C=O) groups is 1. The summed E-state index contributed by atoms with van der Waals surface area (Å²) in [5.41, 5.74) is 0. The number of carbonyl (C=O) groups excluding carboxylic acids is 1. The molecule has 2 fully saturated rings. The van der Waals surface area contributed by atoms with Crippen molar-refractivity contribution >= 4 is 5.91 Å². The summed E-state index contributed by atoms with van der Waals surface area (Å²) in [6.45, 7) is 9.90. The van der Waals surface area contributed by atoms with Gasteiger partial charge in [-0.3, -0.25) is 9.69 Å². The Hall–Kier alpha value is -1.40. The summed E-state index contributed by atoms with van der Waals surface area (Å²) in [4.78, 5) is 22.8. The average molecular weight is 348 g/mol. The lowest BCUT2D eigenvalue weighted by Gasteiger charge is -2.33. The average Bonchev–Trinajstić information content (AvgIpc) is 3.24. The second-order valence-corrected chi connectivity index (χ2v) is 7.64. The van der Waals surface area contributed by atoms with E-state index in [2.05, 4.69) is 28.8 Å². The molecular formula is C19H32N4O2. The van der Waals surface area contributed by atoms with Gasteiger partial charge in [0.05, 0.1) is 12.7 Å². The Labute approximate surface area is 151 Å². The number of piperidine rings is 1. The number of aromatic nitrogens is 1. The van der Waals surface area contributed by atoms with Gasteiger partial charge in [-0.05, 0) is 38.8 Å². The quantitative estimate of drug-likeness (QED) is 0.787. The highest BCUT2D eigenvalue weighted by Gasteiger charge is 2.29. The van der Waals surface area contributed by atoms with Gasteiger partial charge in [-0.1, -0.05) is 6.92 Å². The van der Waals surface area contributed by atoms with Crippen molar-refractivity contribution in [2.45, 2.75) is 52.1 Å². The predicted molar refractivity (Wildman–Crippen MR) is 97.2 cm³/mol. The van der Waals surface area contributed by atoms with Gasteiger partial charge < -0.3 is 14.2 Å². The topological polar surface area (TPSA) is 52.8 Å². The van der Waals surface area contributed by atoms with Crippen molar-refractivity contribution < 1.29 is 9.21 Å². The van der Waals surface area contributed by atoms with E-state index in [1.54, 1.807) is 6.92 Å². The van der Waals surface area contributed by atoms with Crippen LogP contribution in [0.1, 0.15) is 44.8 Å². The lowest BCUT2D eigenvalue weighted by atomic mass is 9.96. The first-order chi connectivity index (χ1) is 12.0. The van der Waals surface area contributed by atoms with Crippen molar-refractivity contribution in [1.82, 2.24) is 19.7 Å². The highest BCUT2D eigenvalue weighted by atomic mass is 16.4. The molecule has 1 amide bonds. The third-order valence-corrected chi connectivity index (χ3v) is 5.78. The van der Waals surface area contributed by atoms with Gasteiger partial charge in [0.25, 0.3) is 0 Å². The molecule has 0 saturated carbocycles. The second kappa shape index (κ2) is 8.32. The number of amides is 1. The van der Waals surface area contributed by atoms with Crippen molar-refractivity contribution in [2.75, 3.05) is 39.8 Å². The van der Waals surface area contributed by atoms with Crippen molar-refractivity contribution in [1.29, 1.82) is 0 Å². The van der Waals surface area contributed by atoms with Gasteiger partial charge in [-0.25, -0.2) is 4.98 Å². The van der Waals surface area contributed by atoms with Crippen molar-refractivity contribution in [3.63, 3.8) is 0 Å². The molecule has 0 unspecified atom stereocenters. The maximum Gasteiger partial charge on any atom is 0.219 e. The Bertz CT molecular complexity index is 566. The Morgan fingerprint density at radius 3 is 2.72 bits per heavy atom. The standard InChI is InChI=1S/C19H32N4O2/c1-4-18-11-20-19(25-18)14-21(3)17-7-8-22(13-17)12-16-5-9-23(10-6-16)15(2)24/h11,16-17H,4-10,12-14H2,1-3H3/t17-/m1/s1. The lowest BCUT2D eigenvalue weighted by Crippen LogP contribution is -2.41. The van der Waals surface area contributed by atoms with Crippen LogP contribution in [-0.2, 0) is 17.8 Å². The summed E-state index contributed by atoms with van der Waals surface area (Å²) in [7, 11) is 2.18. The van der Waals surface area contributed by atoms with Crippen LogP contribution in [0.4, 0.5) is 0 Å². The zero-order valence-electron chi connectivity index (χ0n) is 15.9. The summed E-state index contributed by atoms with van der Waals surface area (Å²) in [6, 6.07) is 0.578. The molecule has 0 aromatic carbocycles. The van der Waals surface area contributed by atoms with E-state index < -0.39 is 0 Å². The number of nitrogens with zero attached hydrogens (tertiary/aromatic N) is 4. The minimum atomic E-state index is 0.221. The van der Waals surface area contributed by atoms with Gasteiger partial charge in [0.1, 0.15) is 5.76 Å². The minimum absolute atomic E-state index is 0.221. The Morgan fingerprint density at radius 2 is 2.08 bits per heavy atom. The number of hydrogen-bond acceptors (Lipinski definition) is 5. The highest BCUT2D eigenvalue weighted by molar-refractivity contribution is 5.73. The largest absolute Gasteiger partial charge is 0.444 e.